The molecular formula is C17H28N4O4. The van der Waals surface area contributed by atoms with Gasteiger partial charge in [0.05, 0.1) is 20.3 Å². The minimum Gasteiger partial charge on any atom is -0.493 e. The van der Waals surface area contributed by atoms with Gasteiger partial charge in [-0.05, 0) is 26.0 Å². The lowest BCUT2D eigenvalue weighted by Gasteiger charge is -2.14. The lowest BCUT2D eigenvalue weighted by atomic mass is 10.2. The Morgan fingerprint density at radius 2 is 1.96 bits per heavy atom. The van der Waals surface area contributed by atoms with Crippen LogP contribution in [0.15, 0.2) is 23.2 Å². The third-order valence-corrected chi connectivity index (χ3v) is 3.08. The molecule has 8 heteroatoms. The fourth-order valence-electron chi connectivity index (χ4n) is 1.96. The second kappa shape index (κ2) is 12.0. The van der Waals surface area contributed by atoms with E-state index in [4.69, 9.17) is 14.2 Å². The van der Waals surface area contributed by atoms with E-state index in [1.54, 1.807) is 14.2 Å². The molecule has 1 aromatic rings. The van der Waals surface area contributed by atoms with Crippen molar-refractivity contribution in [3.8, 4) is 11.5 Å². The van der Waals surface area contributed by atoms with Gasteiger partial charge in [0, 0.05) is 32.0 Å². The number of rotatable bonds is 10. The molecule has 0 aliphatic rings. The molecule has 0 heterocycles. The number of hydrogen-bond donors (Lipinski definition) is 3. The van der Waals surface area contributed by atoms with Crippen LogP contribution in [0.2, 0.25) is 0 Å². The maximum absolute atomic E-state index is 11.7. The summed E-state index contributed by atoms with van der Waals surface area (Å²) in [6.07, 6.45) is 0. The predicted octanol–water partition coefficient (Wildman–Crippen LogP) is 1.23. The van der Waals surface area contributed by atoms with Crippen molar-refractivity contribution in [1.82, 2.24) is 10.6 Å². The molecule has 8 nitrogen and oxygen atoms in total. The summed E-state index contributed by atoms with van der Waals surface area (Å²) < 4.78 is 15.7. The van der Waals surface area contributed by atoms with Gasteiger partial charge in [0.15, 0.2) is 17.5 Å². The number of amides is 1. The number of carbonyl (C=O) groups excluding carboxylic acids is 1. The third-order valence-electron chi connectivity index (χ3n) is 3.08. The summed E-state index contributed by atoms with van der Waals surface area (Å²) in [4.78, 5) is 16.0. The van der Waals surface area contributed by atoms with Crippen molar-refractivity contribution in [1.29, 1.82) is 0 Å². The summed E-state index contributed by atoms with van der Waals surface area (Å²) in [7, 11) is 3.17. The number of hydrogen-bond acceptors (Lipinski definition) is 5. The highest BCUT2D eigenvalue weighted by Gasteiger charge is 2.07. The van der Waals surface area contributed by atoms with Gasteiger partial charge >= 0.3 is 0 Å². The van der Waals surface area contributed by atoms with Gasteiger partial charge in [0.2, 0.25) is 5.91 Å². The molecule has 0 unspecified atom stereocenters. The van der Waals surface area contributed by atoms with E-state index >= 15 is 0 Å². The molecule has 140 valence electrons. The highest BCUT2D eigenvalue weighted by Crippen LogP contribution is 2.30. The second-order valence-corrected chi connectivity index (χ2v) is 4.96. The molecule has 1 aromatic carbocycles. The number of anilines is 1. The Kier molecular flexibility index (Phi) is 9.84. The molecule has 0 aliphatic heterocycles. The summed E-state index contributed by atoms with van der Waals surface area (Å²) in [5, 5.41) is 8.96. The van der Waals surface area contributed by atoms with Gasteiger partial charge in [0.25, 0.3) is 0 Å². The Bertz CT molecular complexity index is 564. The zero-order valence-electron chi connectivity index (χ0n) is 15.3. The molecule has 0 atom stereocenters. The first kappa shape index (κ1) is 20.6. The van der Waals surface area contributed by atoms with E-state index in [1.807, 2.05) is 32.0 Å². The Balaban J connectivity index is 2.73. The summed E-state index contributed by atoms with van der Waals surface area (Å²) in [5.41, 5.74) is 0.778. The number of nitrogens with one attached hydrogen (secondary N) is 3. The van der Waals surface area contributed by atoms with Crippen LogP contribution in [0.5, 0.6) is 11.5 Å². The lowest BCUT2D eigenvalue weighted by molar-refractivity contribution is -0.119. The molecular weight excluding hydrogens is 324 g/mol. The molecule has 0 aromatic heterocycles. The summed E-state index contributed by atoms with van der Waals surface area (Å²) >= 11 is 0. The van der Waals surface area contributed by atoms with E-state index in [9.17, 15) is 4.79 Å². The number of carbonyl (C=O) groups is 1. The molecule has 1 rings (SSSR count). The van der Waals surface area contributed by atoms with Gasteiger partial charge in [-0.1, -0.05) is 0 Å². The molecule has 0 radical (unpaired) electrons. The summed E-state index contributed by atoms with van der Waals surface area (Å²) in [6.45, 7) is 6.06. The van der Waals surface area contributed by atoms with Gasteiger partial charge in [-0.2, -0.15) is 0 Å². The number of methoxy groups -OCH3 is 2. The van der Waals surface area contributed by atoms with Gasteiger partial charge in [-0.25, -0.2) is 4.99 Å². The van der Waals surface area contributed by atoms with Crippen molar-refractivity contribution < 1.29 is 19.0 Å². The maximum Gasteiger partial charge on any atom is 0.241 e. The molecule has 0 spiro atoms. The van der Waals surface area contributed by atoms with E-state index < -0.39 is 0 Å². The average Bonchev–Trinajstić information content (AvgIpc) is 2.61. The molecule has 0 aliphatic carbocycles. The number of ether oxygens (including phenoxy) is 3. The molecule has 0 saturated heterocycles. The van der Waals surface area contributed by atoms with Crippen molar-refractivity contribution >= 4 is 17.6 Å². The lowest BCUT2D eigenvalue weighted by Crippen LogP contribution is -2.34. The van der Waals surface area contributed by atoms with Crippen molar-refractivity contribution in [2.24, 2.45) is 4.99 Å². The molecule has 0 fully saturated rings. The first-order valence-corrected chi connectivity index (χ1v) is 8.26. The normalized spacial score (nSPS) is 11.0. The van der Waals surface area contributed by atoms with Gasteiger partial charge < -0.3 is 30.2 Å². The highest BCUT2D eigenvalue weighted by atomic mass is 16.5. The zero-order valence-corrected chi connectivity index (χ0v) is 15.3. The standard InChI is InChI=1S/C17H28N4O4/c1-5-18-17(20-12-16(22)19-9-10-23-3)21-13-7-8-14(25-6-2)15(11-13)24-4/h7-8,11H,5-6,9-10,12H2,1-4H3,(H,19,22)(H2,18,20,21). The molecule has 3 N–H and O–H groups in total. The number of guanidine groups is 1. The molecule has 1 amide bonds. The van der Waals surface area contributed by atoms with Crippen molar-refractivity contribution in [2.75, 3.05) is 52.4 Å². The van der Waals surface area contributed by atoms with E-state index in [1.165, 1.54) is 0 Å². The van der Waals surface area contributed by atoms with Gasteiger partial charge in [-0.15, -0.1) is 0 Å². The summed E-state index contributed by atoms with van der Waals surface area (Å²) in [6, 6.07) is 5.50. The number of aliphatic imine (C=N–C) groups is 1. The predicted molar refractivity (Wildman–Crippen MR) is 98.7 cm³/mol. The Morgan fingerprint density at radius 1 is 1.16 bits per heavy atom. The summed E-state index contributed by atoms with van der Waals surface area (Å²) in [5.74, 6) is 1.64. The molecule has 25 heavy (non-hydrogen) atoms. The average molecular weight is 352 g/mol. The van der Waals surface area contributed by atoms with Crippen LogP contribution < -0.4 is 25.4 Å². The van der Waals surface area contributed by atoms with Gasteiger partial charge in [-0.3, -0.25) is 4.79 Å². The fraction of sp³-hybridized carbons (Fsp3) is 0.529. The zero-order chi connectivity index (χ0) is 18.5. The van der Waals surface area contributed by atoms with E-state index in [0.717, 1.165) is 5.69 Å². The first-order valence-electron chi connectivity index (χ1n) is 8.26. The Labute approximate surface area is 148 Å². The minimum absolute atomic E-state index is 0.0210. The van der Waals surface area contributed by atoms with Crippen LogP contribution in [0.4, 0.5) is 5.69 Å². The monoisotopic (exact) mass is 352 g/mol. The van der Waals surface area contributed by atoms with E-state index in [2.05, 4.69) is 20.9 Å². The molecule has 0 saturated carbocycles. The molecule has 0 bridgehead atoms. The quantitative estimate of drug-likeness (QED) is 0.333. The van der Waals surface area contributed by atoms with Crippen molar-refractivity contribution in [3.05, 3.63) is 18.2 Å². The first-order chi connectivity index (χ1) is 12.1. The van der Waals surface area contributed by atoms with Crippen molar-refractivity contribution in [3.63, 3.8) is 0 Å². The van der Waals surface area contributed by atoms with Crippen LogP contribution in [0.25, 0.3) is 0 Å². The minimum atomic E-state index is -0.168. The Hall–Kier alpha value is -2.48. The second-order valence-electron chi connectivity index (χ2n) is 4.96. The van der Waals surface area contributed by atoms with Crippen LogP contribution >= 0.6 is 0 Å². The smallest absolute Gasteiger partial charge is 0.241 e. The van der Waals surface area contributed by atoms with Crippen LogP contribution in [-0.2, 0) is 9.53 Å². The third kappa shape index (κ3) is 7.75. The van der Waals surface area contributed by atoms with Crippen LogP contribution in [0.3, 0.4) is 0 Å². The SMILES string of the molecule is CCNC(=NCC(=O)NCCOC)Nc1ccc(OCC)c(OC)c1. The van der Waals surface area contributed by atoms with Crippen LogP contribution in [-0.4, -0.2) is 58.9 Å². The van der Waals surface area contributed by atoms with Crippen LogP contribution in [0, 0.1) is 0 Å². The number of nitrogens with zero attached hydrogens (tertiary/aromatic N) is 1. The van der Waals surface area contributed by atoms with Gasteiger partial charge in [0.1, 0.15) is 6.54 Å². The number of benzene rings is 1. The topological polar surface area (TPSA) is 93.2 Å². The van der Waals surface area contributed by atoms with E-state index in [-0.39, 0.29) is 12.5 Å². The van der Waals surface area contributed by atoms with Crippen molar-refractivity contribution in [2.45, 2.75) is 13.8 Å². The fourth-order valence-corrected chi connectivity index (χ4v) is 1.96. The Morgan fingerprint density at radius 3 is 2.60 bits per heavy atom. The highest BCUT2D eigenvalue weighted by molar-refractivity contribution is 5.95. The largest absolute Gasteiger partial charge is 0.493 e. The van der Waals surface area contributed by atoms with Crippen LogP contribution in [0.1, 0.15) is 13.8 Å². The maximum atomic E-state index is 11.7. The van der Waals surface area contributed by atoms with E-state index in [0.29, 0.717) is 43.8 Å².